The monoisotopic (exact) mass is 496 g/mol. The van der Waals surface area contributed by atoms with Crippen LogP contribution in [0, 0.1) is 5.82 Å². The van der Waals surface area contributed by atoms with E-state index in [-0.39, 0.29) is 29.8 Å². The van der Waals surface area contributed by atoms with Crippen molar-refractivity contribution < 1.29 is 4.39 Å². The van der Waals surface area contributed by atoms with Gasteiger partial charge in [0, 0.05) is 38.8 Å². The highest BCUT2D eigenvalue weighted by atomic mass is 127. The largest absolute Gasteiger partial charge is 0.354 e. The molecule has 2 unspecified atom stereocenters. The van der Waals surface area contributed by atoms with Crippen LogP contribution in [0.25, 0.3) is 0 Å². The van der Waals surface area contributed by atoms with Gasteiger partial charge in [0.25, 0.3) is 0 Å². The van der Waals surface area contributed by atoms with Gasteiger partial charge < -0.3 is 10.6 Å². The summed E-state index contributed by atoms with van der Waals surface area (Å²) in [6, 6.07) is 18.2. The summed E-state index contributed by atoms with van der Waals surface area (Å²) in [6.45, 7) is 4.91. The van der Waals surface area contributed by atoms with Crippen molar-refractivity contribution in [2.24, 2.45) is 4.99 Å². The van der Waals surface area contributed by atoms with Crippen LogP contribution in [0.1, 0.15) is 30.9 Å². The highest BCUT2D eigenvalue weighted by Crippen LogP contribution is 2.20. The molecule has 0 amide bonds. The van der Waals surface area contributed by atoms with Gasteiger partial charge in [-0.3, -0.25) is 9.89 Å². The molecule has 0 saturated carbocycles. The molecule has 0 radical (unpaired) electrons. The van der Waals surface area contributed by atoms with Crippen molar-refractivity contribution in [1.29, 1.82) is 0 Å². The Labute approximate surface area is 184 Å². The number of nitrogens with zero attached hydrogens (tertiary/aromatic N) is 2. The van der Waals surface area contributed by atoms with Gasteiger partial charge in [-0.2, -0.15) is 0 Å². The molecule has 3 rings (SSSR count). The second kappa shape index (κ2) is 11.4. The average molecular weight is 496 g/mol. The molecule has 28 heavy (non-hydrogen) atoms. The minimum absolute atomic E-state index is 0. The molecule has 1 aliphatic heterocycles. The van der Waals surface area contributed by atoms with E-state index in [1.807, 2.05) is 6.07 Å². The van der Waals surface area contributed by atoms with Gasteiger partial charge in [-0.05, 0) is 43.0 Å². The summed E-state index contributed by atoms with van der Waals surface area (Å²) < 4.78 is 13.3. The van der Waals surface area contributed by atoms with Crippen LogP contribution in [0.5, 0.6) is 0 Å². The molecular formula is C22H30FIN4. The fourth-order valence-corrected chi connectivity index (χ4v) is 3.63. The van der Waals surface area contributed by atoms with Gasteiger partial charge in [-0.1, -0.05) is 42.5 Å². The number of hydrogen-bond donors (Lipinski definition) is 2. The Morgan fingerprint density at radius 1 is 1.14 bits per heavy atom. The first-order chi connectivity index (χ1) is 13.1. The van der Waals surface area contributed by atoms with Crippen LogP contribution in [-0.2, 0) is 13.1 Å². The maximum absolute atomic E-state index is 13.3. The Morgan fingerprint density at radius 2 is 1.89 bits per heavy atom. The predicted octanol–water partition coefficient (Wildman–Crippen LogP) is 4.16. The third kappa shape index (κ3) is 6.74. The molecule has 0 aromatic heterocycles. The van der Waals surface area contributed by atoms with Gasteiger partial charge in [0.1, 0.15) is 5.82 Å². The molecule has 2 aromatic rings. The van der Waals surface area contributed by atoms with Crippen LogP contribution < -0.4 is 10.6 Å². The first-order valence-corrected chi connectivity index (χ1v) is 9.63. The van der Waals surface area contributed by atoms with Gasteiger partial charge in [-0.25, -0.2) is 4.39 Å². The summed E-state index contributed by atoms with van der Waals surface area (Å²) in [7, 11) is 1.77. The second-order valence-electron chi connectivity index (χ2n) is 7.23. The Kier molecular flexibility index (Phi) is 9.18. The van der Waals surface area contributed by atoms with Crippen molar-refractivity contribution >= 4 is 29.9 Å². The standard InChI is InChI=1S/C22H29FN4.HI/c1-17-13-21(11-12-27(17)16-18-7-4-3-5-8-18)26-22(24-2)25-15-19-9-6-10-20(23)14-19;/h3-10,14,17,21H,11-13,15-16H2,1-2H3,(H2,24,25,26);1H. The molecule has 1 saturated heterocycles. The van der Waals surface area contributed by atoms with E-state index in [1.165, 1.54) is 11.6 Å². The van der Waals surface area contributed by atoms with Gasteiger partial charge in [0.15, 0.2) is 5.96 Å². The minimum atomic E-state index is -0.211. The molecule has 0 aliphatic carbocycles. The Hall–Kier alpha value is -1.67. The van der Waals surface area contributed by atoms with Gasteiger partial charge in [0.2, 0.25) is 0 Å². The lowest BCUT2D eigenvalue weighted by Crippen LogP contribution is -2.51. The number of piperidine rings is 1. The molecule has 2 atom stereocenters. The van der Waals surface area contributed by atoms with Crippen LogP contribution >= 0.6 is 24.0 Å². The summed E-state index contributed by atoms with van der Waals surface area (Å²) in [6.07, 6.45) is 2.16. The molecule has 152 valence electrons. The number of nitrogens with one attached hydrogen (secondary N) is 2. The lowest BCUT2D eigenvalue weighted by Gasteiger charge is -2.38. The molecule has 4 nitrogen and oxygen atoms in total. The molecule has 1 fully saturated rings. The van der Waals surface area contributed by atoms with Crippen molar-refractivity contribution in [3.63, 3.8) is 0 Å². The van der Waals surface area contributed by atoms with E-state index < -0.39 is 0 Å². The van der Waals surface area contributed by atoms with Crippen LogP contribution in [0.4, 0.5) is 4.39 Å². The van der Waals surface area contributed by atoms with E-state index in [9.17, 15) is 4.39 Å². The average Bonchev–Trinajstić information content (AvgIpc) is 2.68. The Bertz CT molecular complexity index is 753. The van der Waals surface area contributed by atoms with E-state index in [1.54, 1.807) is 19.2 Å². The molecule has 1 aliphatic rings. The van der Waals surface area contributed by atoms with Crippen LogP contribution in [0.2, 0.25) is 0 Å². The fourth-order valence-electron chi connectivity index (χ4n) is 3.63. The van der Waals surface area contributed by atoms with E-state index in [2.05, 4.69) is 57.8 Å². The summed E-state index contributed by atoms with van der Waals surface area (Å²) in [5, 5.41) is 6.81. The van der Waals surface area contributed by atoms with E-state index in [0.717, 1.165) is 37.5 Å². The van der Waals surface area contributed by atoms with Gasteiger partial charge in [-0.15, -0.1) is 24.0 Å². The Morgan fingerprint density at radius 3 is 2.57 bits per heavy atom. The van der Waals surface area contributed by atoms with E-state index in [0.29, 0.717) is 18.6 Å². The molecule has 2 aromatic carbocycles. The molecule has 0 bridgehead atoms. The SMILES string of the molecule is CN=C(NCc1cccc(F)c1)NC1CCN(Cc2ccccc2)C(C)C1.I. The molecule has 0 spiro atoms. The van der Waals surface area contributed by atoms with Crippen molar-refractivity contribution in [3.05, 3.63) is 71.5 Å². The second-order valence-corrected chi connectivity index (χ2v) is 7.23. The minimum Gasteiger partial charge on any atom is -0.354 e. The third-order valence-electron chi connectivity index (χ3n) is 5.16. The van der Waals surface area contributed by atoms with E-state index >= 15 is 0 Å². The van der Waals surface area contributed by atoms with Crippen molar-refractivity contribution in [2.45, 2.75) is 44.9 Å². The molecule has 2 N–H and O–H groups in total. The van der Waals surface area contributed by atoms with Crippen LogP contribution in [0.3, 0.4) is 0 Å². The first kappa shape index (κ1) is 22.6. The number of guanidine groups is 1. The first-order valence-electron chi connectivity index (χ1n) is 9.63. The summed E-state index contributed by atoms with van der Waals surface area (Å²) in [5.41, 5.74) is 2.27. The quantitative estimate of drug-likeness (QED) is 0.371. The summed E-state index contributed by atoms with van der Waals surface area (Å²) in [4.78, 5) is 6.86. The lowest BCUT2D eigenvalue weighted by atomic mass is 9.97. The number of benzene rings is 2. The van der Waals surface area contributed by atoms with Crippen molar-refractivity contribution in [3.8, 4) is 0 Å². The highest BCUT2D eigenvalue weighted by molar-refractivity contribution is 14.0. The van der Waals surface area contributed by atoms with Crippen LogP contribution in [0.15, 0.2) is 59.6 Å². The zero-order valence-electron chi connectivity index (χ0n) is 16.6. The number of halogens is 2. The molecule has 6 heteroatoms. The number of aliphatic imine (C=N–C) groups is 1. The smallest absolute Gasteiger partial charge is 0.191 e. The van der Waals surface area contributed by atoms with Crippen molar-refractivity contribution in [1.82, 2.24) is 15.5 Å². The number of hydrogen-bond acceptors (Lipinski definition) is 2. The summed E-state index contributed by atoms with van der Waals surface area (Å²) >= 11 is 0. The topological polar surface area (TPSA) is 39.7 Å². The number of likely N-dealkylation sites (tertiary alicyclic amines) is 1. The third-order valence-corrected chi connectivity index (χ3v) is 5.16. The maximum atomic E-state index is 13.3. The molecule has 1 heterocycles. The van der Waals surface area contributed by atoms with Gasteiger partial charge >= 0.3 is 0 Å². The fraction of sp³-hybridized carbons (Fsp3) is 0.409. The number of rotatable bonds is 5. The van der Waals surface area contributed by atoms with E-state index in [4.69, 9.17) is 0 Å². The lowest BCUT2D eigenvalue weighted by molar-refractivity contribution is 0.134. The maximum Gasteiger partial charge on any atom is 0.191 e. The normalized spacial score (nSPS) is 20.3. The Balaban J connectivity index is 0.00000280. The molecular weight excluding hydrogens is 466 g/mol. The zero-order valence-corrected chi connectivity index (χ0v) is 18.9. The van der Waals surface area contributed by atoms with Crippen molar-refractivity contribution in [2.75, 3.05) is 13.6 Å². The van der Waals surface area contributed by atoms with Gasteiger partial charge in [0.05, 0.1) is 0 Å². The van der Waals surface area contributed by atoms with Crippen LogP contribution in [-0.4, -0.2) is 36.5 Å². The summed E-state index contributed by atoms with van der Waals surface area (Å²) in [5.74, 6) is 0.560. The zero-order chi connectivity index (χ0) is 19.1. The predicted molar refractivity (Wildman–Crippen MR) is 124 cm³/mol. The highest BCUT2D eigenvalue weighted by Gasteiger charge is 2.25.